The molecule has 0 saturated heterocycles. The molecule has 2 unspecified atom stereocenters. The van der Waals surface area contributed by atoms with Crippen LogP contribution in [0, 0.1) is 11.8 Å². The normalized spacial score (nSPS) is 22.2. The Bertz CT molecular complexity index is 626. The van der Waals surface area contributed by atoms with Crippen LogP contribution in [0.1, 0.15) is 32.6 Å². The van der Waals surface area contributed by atoms with E-state index in [1.165, 1.54) is 0 Å². The zero-order chi connectivity index (χ0) is 15.3. The predicted molar refractivity (Wildman–Crippen MR) is 90.6 cm³/mol. The summed E-state index contributed by atoms with van der Waals surface area (Å²) in [6.07, 6.45) is 3.34. The number of hydrogen-bond acceptors (Lipinski definition) is 4. The fourth-order valence-corrected chi connectivity index (χ4v) is 5.03. The predicted octanol–water partition coefficient (Wildman–Crippen LogP) is 3.14. The van der Waals surface area contributed by atoms with Crippen LogP contribution in [0.25, 0.3) is 0 Å². The highest BCUT2D eigenvalue weighted by Crippen LogP contribution is 2.31. The summed E-state index contributed by atoms with van der Waals surface area (Å²) in [5, 5.41) is 3.04. The van der Waals surface area contributed by atoms with Gasteiger partial charge in [0.1, 0.15) is 0 Å². The average Bonchev–Trinajstić information content (AvgIpc) is 2.48. The van der Waals surface area contributed by atoms with Gasteiger partial charge in [-0.05, 0) is 50.5 Å². The minimum Gasteiger partial charge on any atom is -0.374 e. The van der Waals surface area contributed by atoms with E-state index in [9.17, 15) is 8.42 Å². The highest BCUT2D eigenvalue weighted by atomic mass is 32.2. The Morgan fingerprint density at radius 1 is 1.29 bits per heavy atom. The molecular weight excluding hydrogens is 302 g/mol. The first kappa shape index (κ1) is 16.3. The van der Waals surface area contributed by atoms with Gasteiger partial charge in [0.05, 0.1) is 16.7 Å². The van der Waals surface area contributed by atoms with E-state index in [1.54, 1.807) is 31.2 Å². The Morgan fingerprint density at radius 2 is 2.00 bits per heavy atom. The van der Waals surface area contributed by atoms with Crippen molar-refractivity contribution in [1.29, 1.82) is 0 Å². The van der Waals surface area contributed by atoms with Gasteiger partial charge in [-0.15, -0.1) is 5.92 Å². The lowest BCUT2D eigenvalue weighted by molar-refractivity contribution is 0.494. The van der Waals surface area contributed by atoms with Crippen LogP contribution in [-0.4, -0.2) is 25.5 Å². The SMILES string of the molecule is CC#CCNc1ccc(S(=O)(=O)C2CCCC(S)C2)cc1. The molecule has 1 aromatic rings. The lowest BCUT2D eigenvalue weighted by Crippen LogP contribution is -2.28. The zero-order valence-electron chi connectivity index (χ0n) is 12.2. The van der Waals surface area contributed by atoms with Gasteiger partial charge < -0.3 is 5.32 Å². The third kappa shape index (κ3) is 4.18. The summed E-state index contributed by atoms with van der Waals surface area (Å²) < 4.78 is 25.3. The number of anilines is 1. The number of thiol groups is 1. The summed E-state index contributed by atoms with van der Waals surface area (Å²) in [4.78, 5) is 0.405. The average molecular weight is 323 g/mol. The molecule has 1 aromatic carbocycles. The van der Waals surface area contributed by atoms with Crippen LogP contribution in [0.3, 0.4) is 0 Å². The van der Waals surface area contributed by atoms with E-state index >= 15 is 0 Å². The minimum absolute atomic E-state index is 0.201. The van der Waals surface area contributed by atoms with Crippen molar-refractivity contribution in [2.45, 2.75) is 48.0 Å². The van der Waals surface area contributed by atoms with Gasteiger partial charge in [0.2, 0.25) is 0 Å². The third-order valence-corrected chi connectivity index (χ3v) is 6.48. The molecule has 1 aliphatic rings. The number of rotatable bonds is 4. The largest absolute Gasteiger partial charge is 0.374 e. The van der Waals surface area contributed by atoms with Crippen molar-refractivity contribution in [3.05, 3.63) is 24.3 Å². The molecule has 114 valence electrons. The monoisotopic (exact) mass is 323 g/mol. The van der Waals surface area contributed by atoms with Crippen LogP contribution < -0.4 is 5.32 Å². The van der Waals surface area contributed by atoms with Crippen molar-refractivity contribution in [1.82, 2.24) is 0 Å². The van der Waals surface area contributed by atoms with Crippen molar-refractivity contribution in [3.63, 3.8) is 0 Å². The third-order valence-electron chi connectivity index (χ3n) is 3.78. The van der Waals surface area contributed by atoms with Gasteiger partial charge in [0.25, 0.3) is 0 Å². The highest BCUT2D eigenvalue weighted by molar-refractivity contribution is 7.92. The van der Waals surface area contributed by atoms with Crippen LogP contribution in [0.15, 0.2) is 29.2 Å². The second kappa shape index (κ2) is 7.24. The number of nitrogens with one attached hydrogen (secondary N) is 1. The number of sulfone groups is 1. The molecule has 3 nitrogen and oxygen atoms in total. The van der Waals surface area contributed by atoms with E-state index in [1.807, 2.05) is 0 Å². The van der Waals surface area contributed by atoms with Gasteiger partial charge in [-0.1, -0.05) is 12.3 Å². The van der Waals surface area contributed by atoms with Gasteiger partial charge in [-0.3, -0.25) is 0 Å². The molecule has 21 heavy (non-hydrogen) atoms. The molecule has 1 N–H and O–H groups in total. The Hall–Kier alpha value is -1.12. The van der Waals surface area contributed by atoms with Gasteiger partial charge in [0.15, 0.2) is 9.84 Å². The summed E-state index contributed by atoms with van der Waals surface area (Å²) in [6, 6.07) is 6.95. The first-order valence-corrected chi connectivity index (χ1v) is 9.26. The second-order valence-electron chi connectivity index (χ2n) is 5.29. The summed E-state index contributed by atoms with van der Waals surface area (Å²) in [7, 11) is -3.24. The molecule has 2 rings (SSSR count). The van der Waals surface area contributed by atoms with Crippen molar-refractivity contribution in [3.8, 4) is 11.8 Å². The number of benzene rings is 1. The maximum Gasteiger partial charge on any atom is 0.181 e. The van der Waals surface area contributed by atoms with Crippen LogP contribution in [0.2, 0.25) is 0 Å². The van der Waals surface area contributed by atoms with E-state index in [4.69, 9.17) is 0 Å². The van der Waals surface area contributed by atoms with Gasteiger partial charge >= 0.3 is 0 Å². The molecule has 1 aliphatic carbocycles. The van der Waals surface area contributed by atoms with Crippen LogP contribution >= 0.6 is 12.6 Å². The fourth-order valence-electron chi connectivity index (χ4n) is 2.59. The Morgan fingerprint density at radius 3 is 2.62 bits per heavy atom. The maximum absolute atomic E-state index is 12.6. The quantitative estimate of drug-likeness (QED) is 0.661. The topological polar surface area (TPSA) is 46.2 Å². The molecule has 5 heteroatoms. The fraction of sp³-hybridized carbons (Fsp3) is 0.500. The number of hydrogen-bond donors (Lipinski definition) is 2. The molecule has 1 saturated carbocycles. The molecular formula is C16H21NO2S2. The molecule has 0 aliphatic heterocycles. The summed E-state index contributed by atoms with van der Waals surface area (Å²) in [5.41, 5.74) is 0.882. The van der Waals surface area contributed by atoms with Crippen molar-refractivity contribution < 1.29 is 8.42 Å². The second-order valence-corrected chi connectivity index (χ2v) is 8.25. The van der Waals surface area contributed by atoms with E-state index in [0.717, 1.165) is 24.9 Å². The zero-order valence-corrected chi connectivity index (χ0v) is 13.9. The van der Waals surface area contributed by atoms with E-state index in [2.05, 4.69) is 29.8 Å². The van der Waals surface area contributed by atoms with Crippen LogP contribution in [0.4, 0.5) is 5.69 Å². The molecule has 0 bridgehead atoms. The van der Waals surface area contributed by atoms with Gasteiger partial charge in [0, 0.05) is 10.9 Å². The Balaban J connectivity index is 2.10. The first-order valence-electron chi connectivity index (χ1n) is 7.19. The maximum atomic E-state index is 12.6. The standard InChI is InChI=1S/C16H21NO2S2/c1-2-3-11-17-13-7-9-15(10-8-13)21(18,19)16-6-4-5-14(20)12-16/h7-10,14,16-17,20H,4-6,11-12H2,1H3. The van der Waals surface area contributed by atoms with Crippen molar-refractivity contribution in [2.75, 3.05) is 11.9 Å². The lowest BCUT2D eigenvalue weighted by Gasteiger charge is -2.26. The summed E-state index contributed by atoms with van der Waals surface area (Å²) >= 11 is 4.44. The molecule has 1 fully saturated rings. The van der Waals surface area contributed by atoms with E-state index in [0.29, 0.717) is 17.9 Å². The van der Waals surface area contributed by atoms with Crippen LogP contribution in [0.5, 0.6) is 0 Å². The Labute approximate surface area is 132 Å². The summed E-state index contributed by atoms with van der Waals surface area (Å²) in [5.74, 6) is 5.72. The van der Waals surface area contributed by atoms with Gasteiger partial charge in [-0.25, -0.2) is 8.42 Å². The summed E-state index contributed by atoms with van der Waals surface area (Å²) in [6.45, 7) is 2.35. The van der Waals surface area contributed by atoms with Gasteiger partial charge in [-0.2, -0.15) is 12.6 Å². The van der Waals surface area contributed by atoms with Crippen LogP contribution in [-0.2, 0) is 9.84 Å². The lowest BCUT2D eigenvalue weighted by atomic mass is 10.00. The van der Waals surface area contributed by atoms with E-state index < -0.39 is 9.84 Å². The molecule has 0 spiro atoms. The van der Waals surface area contributed by atoms with Crippen molar-refractivity contribution in [2.24, 2.45) is 0 Å². The molecule has 0 amide bonds. The molecule has 0 aromatic heterocycles. The molecule has 0 heterocycles. The molecule has 0 radical (unpaired) electrons. The van der Waals surface area contributed by atoms with E-state index in [-0.39, 0.29) is 10.5 Å². The first-order chi connectivity index (χ1) is 10.0. The highest BCUT2D eigenvalue weighted by Gasteiger charge is 2.31. The Kier molecular flexibility index (Phi) is 5.60. The smallest absolute Gasteiger partial charge is 0.181 e. The minimum atomic E-state index is -3.24. The van der Waals surface area contributed by atoms with Crippen molar-refractivity contribution >= 4 is 28.2 Å². The molecule has 2 atom stereocenters.